The third-order valence-corrected chi connectivity index (χ3v) is 8.49. The van der Waals surface area contributed by atoms with Gasteiger partial charge in [0, 0.05) is 19.3 Å². The predicted octanol–water partition coefficient (Wildman–Crippen LogP) is 3.79. The molecule has 2 aliphatic rings. The van der Waals surface area contributed by atoms with Crippen LogP contribution in [0.2, 0.25) is 0 Å². The van der Waals surface area contributed by atoms with Crippen molar-refractivity contribution in [2.45, 2.75) is 64.0 Å². The molecule has 2 fully saturated rings. The molecular weight excluding hydrogens is 462 g/mol. The maximum Gasteiger partial charge on any atom is 0.237 e. The van der Waals surface area contributed by atoms with E-state index in [1.165, 1.54) is 38.5 Å². The average molecular weight is 506 g/mol. The van der Waals surface area contributed by atoms with Crippen molar-refractivity contribution in [1.29, 1.82) is 0 Å². The minimum absolute atomic E-state index is 0.0228. The van der Waals surface area contributed by atoms with Crippen LogP contribution < -0.4 is 16.4 Å². The third kappa shape index (κ3) is 7.31. The molecule has 37 heavy (non-hydrogen) atoms. The lowest BCUT2D eigenvalue weighted by Crippen LogP contribution is -2.50. The van der Waals surface area contributed by atoms with Gasteiger partial charge in [0.25, 0.3) is 0 Å². The number of pyridine rings is 1. The van der Waals surface area contributed by atoms with Crippen molar-refractivity contribution in [3.63, 3.8) is 0 Å². The second kappa shape index (κ2) is 13.0. The van der Waals surface area contributed by atoms with E-state index in [-0.39, 0.29) is 23.8 Å². The largest absolute Gasteiger partial charge is 0.384 e. The van der Waals surface area contributed by atoms with Crippen molar-refractivity contribution >= 4 is 17.6 Å². The second-order valence-corrected chi connectivity index (χ2v) is 11.1. The number of hydrogen-bond acceptors (Lipinski definition) is 5. The summed E-state index contributed by atoms with van der Waals surface area (Å²) in [6, 6.07) is 13.4. The molecule has 1 aromatic heterocycles. The number of nitrogens with zero attached hydrogens (tertiary/aromatic N) is 2. The first-order valence-electron chi connectivity index (χ1n) is 13.9. The number of nitrogens with two attached hydrogens (primary N) is 1. The van der Waals surface area contributed by atoms with Crippen LogP contribution in [0.25, 0.3) is 0 Å². The highest BCUT2D eigenvalue weighted by Gasteiger charge is 2.41. The summed E-state index contributed by atoms with van der Waals surface area (Å²) >= 11 is 0. The van der Waals surface area contributed by atoms with E-state index in [1.54, 1.807) is 12.3 Å². The lowest BCUT2D eigenvalue weighted by atomic mass is 9.62. The lowest BCUT2D eigenvalue weighted by Gasteiger charge is -2.44. The molecular formula is C30H43N5O2. The number of fused-ring (bicyclic) bond motifs is 1. The van der Waals surface area contributed by atoms with Gasteiger partial charge in [-0.3, -0.25) is 14.5 Å². The van der Waals surface area contributed by atoms with Crippen LogP contribution in [-0.4, -0.2) is 48.4 Å². The molecule has 0 aliphatic heterocycles. The normalized spacial score (nSPS) is 23.1. The van der Waals surface area contributed by atoms with Crippen molar-refractivity contribution < 1.29 is 9.59 Å². The summed E-state index contributed by atoms with van der Waals surface area (Å²) in [6.07, 6.45) is 10.9. The molecule has 0 saturated heterocycles. The lowest BCUT2D eigenvalue weighted by molar-refractivity contribution is -0.130. The van der Waals surface area contributed by atoms with E-state index in [0.29, 0.717) is 43.1 Å². The molecule has 0 radical (unpaired) electrons. The van der Waals surface area contributed by atoms with Gasteiger partial charge in [0.2, 0.25) is 11.8 Å². The molecule has 3 unspecified atom stereocenters. The Hall–Kier alpha value is -2.93. The molecule has 5 atom stereocenters. The Bertz CT molecular complexity index is 1010. The number of nitrogen functional groups attached to an aromatic ring is 1. The number of rotatable bonds is 10. The van der Waals surface area contributed by atoms with Gasteiger partial charge < -0.3 is 16.4 Å². The standard InChI is InChI=1S/C30H43N5O2/c1-35(2)27(17-21-9-4-3-5-10-21)30(37)34-20-26(25-14-8-12-23-11-6-7-13-24(23)25)29(36)33-19-22-15-16-28(31)32-18-22/h3-5,9-10,15-16,18,23-27H,6-8,11-14,17,19-20H2,1-2H3,(H2,31,32)(H,33,36)(H,34,37)/t23?,24?,25?,26-,27+/m0/s1. The molecule has 4 rings (SSSR count). The van der Waals surface area contributed by atoms with Crippen molar-refractivity contribution in [2.75, 3.05) is 26.4 Å². The molecule has 7 heteroatoms. The van der Waals surface area contributed by atoms with Gasteiger partial charge in [0.15, 0.2) is 0 Å². The molecule has 0 spiro atoms. The molecule has 1 aromatic carbocycles. The average Bonchev–Trinajstić information content (AvgIpc) is 2.92. The van der Waals surface area contributed by atoms with Gasteiger partial charge in [-0.15, -0.1) is 0 Å². The Kier molecular flexibility index (Phi) is 9.56. The minimum atomic E-state index is -0.291. The van der Waals surface area contributed by atoms with Crippen molar-refractivity contribution in [2.24, 2.45) is 23.7 Å². The quantitative estimate of drug-likeness (QED) is 0.456. The molecule has 2 amide bonds. The summed E-state index contributed by atoms with van der Waals surface area (Å²) in [5.74, 6) is 1.82. The smallest absolute Gasteiger partial charge is 0.237 e. The van der Waals surface area contributed by atoms with Crippen LogP contribution in [0, 0.1) is 23.7 Å². The van der Waals surface area contributed by atoms with Crippen LogP contribution in [0.3, 0.4) is 0 Å². The van der Waals surface area contributed by atoms with Crippen LogP contribution in [-0.2, 0) is 22.6 Å². The van der Waals surface area contributed by atoms with Gasteiger partial charge in [-0.2, -0.15) is 0 Å². The minimum Gasteiger partial charge on any atom is -0.384 e. The molecule has 4 N–H and O–H groups in total. The first-order valence-corrected chi connectivity index (χ1v) is 13.9. The van der Waals surface area contributed by atoms with E-state index in [1.807, 2.05) is 43.3 Å². The van der Waals surface area contributed by atoms with Crippen LogP contribution >= 0.6 is 0 Å². The molecule has 0 bridgehead atoms. The third-order valence-electron chi connectivity index (χ3n) is 8.49. The second-order valence-electron chi connectivity index (χ2n) is 11.1. The molecule has 7 nitrogen and oxygen atoms in total. The fraction of sp³-hybridized carbons (Fsp3) is 0.567. The highest BCUT2D eigenvalue weighted by molar-refractivity contribution is 5.84. The first kappa shape index (κ1) is 27.1. The van der Waals surface area contributed by atoms with Gasteiger partial charge in [-0.1, -0.05) is 68.5 Å². The topological polar surface area (TPSA) is 100 Å². The summed E-state index contributed by atoms with van der Waals surface area (Å²) < 4.78 is 0. The van der Waals surface area contributed by atoms with E-state index in [9.17, 15) is 9.59 Å². The number of carbonyl (C=O) groups excluding carboxylic acids is 2. The molecule has 2 saturated carbocycles. The Labute approximate surface area is 221 Å². The zero-order valence-electron chi connectivity index (χ0n) is 22.4. The van der Waals surface area contributed by atoms with E-state index in [0.717, 1.165) is 17.5 Å². The molecule has 2 aromatic rings. The molecule has 2 aliphatic carbocycles. The van der Waals surface area contributed by atoms with Gasteiger partial charge in [0.05, 0.1) is 12.0 Å². The Morgan fingerprint density at radius 3 is 2.43 bits per heavy atom. The zero-order chi connectivity index (χ0) is 26.2. The number of likely N-dealkylation sites (N-methyl/N-ethyl adjacent to an activating group) is 1. The summed E-state index contributed by atoms with van der Waals surface area (Å²) in [6.45, 7) is 0.781. The predicted molar refractivity (Wildman–Crippen MR) is 147 cm³/mol. The molecule has 1 heterocycles. The van der Waals surface area contributed by atoms with E-state index < -0.39 is 0 Å². The Balaban J connectivity index is 1.46. The van der Waals surface area contributed by atoms with Crippen LogP contribution in [0.4, 0.5) is 5.82 Å². The van der Waals surface area contributed by atoms with Crippen molar-refractivity contribution in [1.82, 2.24) is 20.5 Å². The number of nitrogens with one attached hydrogen (secondary N) is 2. The van der Waals surface area contributed by atoms with Gasteiger partial charge >= 0.3 is 0 Å². The highest BCUT2D eigenvalue weighted by Crippen LogP contribution is 2.46. The Morgan fingerprint density at radius 2 is 1.70 bits per heavy atom. The number of aromatic nitrogens is 1. The fourth-order valence-electron chi connectivity index (χ4n) is 6.46. The summed E-state index contributed by atoms with van der Waals surface area (Å²) in [7, 11) is 3.87. The van der Waals surface area contributed by atoms with Crippen molar-refractivity contribution in [3.8, 4) is 0 Å². The van der Waals surface area contributed by atoms with Crippen LogP contribution in [0.1, 0.15) is 56.1 Å². The van der Waals surface area contributed by atoms with Crippen LogP contribution in [0.5, 0.6) is 0 Å². The van der Waals surface area contributed by atoms with Gasteiger partial charge in [-0.25, -0.2) is 4.98 Å². The summed E-state index contributed by atoms with van der Waals surface area (Å²) in [4.78, 5) is 33.1. The maximum absolute atomic E-state index is 13.6. The first-order chi connectivity index (χ1) is 17.9. The maximum atomic E-state index is 13.6. The summed E-state index contributed by atoms with van der Waals surface area (Å²) in [5.41, 5.74) is 7.75. The molecule has 200 valence electrons. The van der Waals surface area contributed by atoms with Crippen molar-refractivity contribution in [3.05, 3.63) is 59.8 Å². The Morgan fingerprint density at radius 1 is 0.946 bits per heavy atom. The van der Waals surface area contributed by atoms with E-state index in [4.69, 9.17) is 5.73 Å². The zero-order valence-corrected chi connectivity index (χ0v) is 22.4. The van der Waals surface area contributed by atoms with E-state index in [2.05, 4.69) is 27.8 Å². The van der Waals surface area contributed by atoms with E-state index >= 15 is 0 Å². The summed E-state index contributed by atoms with van der Waals surface area (Å²) in [5, 5.41) is 6.34. The monoisotopic (exact) mass is 505 g/mol. The number of hydrogen-bond donors (Lipinski definition) is 3. The highest BCUT2D eigenvalue weighted by atomic mass is 16.2. The number of benzene rings is 1. The fourth-order valence-corrected chi connectivity index (χ4v) is 6.46. The number of carbonyl (C=O) groups is 2. The number of anilines is 1. The van der Waals surface area contributed by atoms with Gasteiger partial charge in [-0.05, 0) is 68.3 Å². The van der Waals surface area contributed by atoms with Crippen LogP contribution in [0.15, 0.2) is 48.7 Å². The van der Waals surface area contributed by atoms with Gasteiger partial charge in [0.1, 0.15) is 5.82 Å². The number of amides is 2. The SMILES string of the molecule is CN(C)[C@H](Cc1ccccc1)C(=O)NC[C@H](C(=O)NCc1ccc(N)nc1)C1CCCC2CCCCC21.